The van der Waals surface area contributed by atoms with Crippen LogP contribution in [0.4, 0.5) is 9.18 Å². The average molecular weight is 502 g/mol. The number of carbonyl (C=O) groups is 3. The Morgan fingerprint density at radius 2 is 1.69 bits per heavy atom. The van der Waals surface area contributed by atoms with Gasteiger partial charge in [0.1, 0.15) is 18.8 Å². The number of benzene rings is 2. The third-order valence-corrected chi connectivity index (χ3v) is 6.58. The zero-order chi connectivity index (χ0) is 24.8. The lowest BCUT2D eigenvalue weighted by Gasteiger charge is -2.54. The molecule has 0 unspecified atom stereocenters. The van der Waals surface area contributed by atoms with E-state index < -0.39 is 30.9 Å². The van der Waals surface area contributed by atoms with Gasteiger partial charge in [-0.25, -0.2) is 14.2 Å². The summed E-state index contributed by atoms with van der Waals surface area (Å²) in [4.78, 5) is 42.7. The summed E-state index contributed by atoms with van der Waals surface area (Å²) in [6.45, 7) is -0.589. The molecule has 2 aromatic rings. The average Bonchev–Trinajstić information content (AvgIpc) is 2.89. The fourth-order valence-electron chi connectivity index (χ4n) is 4.64. The first-order chi connectivity index (χ1) is 17.0. The van der Waals surface area contributed by atoms with E-state index in [1.807, 2.05) is 60.7 Å². The van der Waals surface area contributed by atoms with E-state index in [0.717, 1.165) is 16.1 Å². The molecule has 0 saturated carbocycles. The predicted molar refractivity (Wildman–Crippen MR) is 130 cm³/mol. The van der Waals surface area contributed by atoms with Crippen molar-refractivity contribution in [2.45, 2.75) is 31.6 Å². The van der Waals surface area contributed by atoms with Crippen LogP contribution in [0.2, 0.25) is 0 Å². The minimum Gasteiger partial charge on any atom is -0.337 e. The van der Waals surface area contributed by atoms with Crippen LogP contribution < -0.4 is 5.32 Å². The zero-order valence-electron chi connectivity index (χ0n) is 19.4. The van der Waals surface area contributed by atoms with Crippen molar-refractivity contribution in [3.05, 3.63) is 71.8 Å². The molecule has 2 heterocycles. The Kier molecular flexibility index (Phi) is 8.20. The molecule has 2 atom stereocenters. The van der Waals surface area contributed by atoms with Gasteiger partial charge in [0.15, 0.2) is 6.80 Å². The van der Waals surface area contributed by atoms with Crippen molar-refractivity contribution in [2.24, 2.45) is 0 Å². The summed E-state index contributed by atoms with van der Waals surface area (Å²) in [5.74, 6) is -0.428. The monoisotopic (exact) mass is 501 g/mol. The lowest BCUT2D eigenvalue weighted by Crippen LogP contribution is -2.76. The fraction of sp³-hybridized carbons (Fsp3) is 0.400. The summed E-state index contributed by atoms with van der Waals surface area (Å²) in [7, 11) is 0. The Morgan fingerprint density at radius 3 is 2.31 bits per heavy atom. The van der Waals surface area contributed by atoms with Gasteiger partial charge in [-0.15, -0.1) is 11.6 Å². The highest BCUT2D eigenvalue weighted by Gasteiger charge is 2.51. The van der Waals surface area contributed by atoms with Gasteiger partial charge in [-0.2, -0.15) is 5.01 Å². The van der Waals surface area contributed by atoms with Crippen molar-refractivity contribution in [1.82, 2.24) is 25.1 Å². The number of nitrogens with one attached hydrogen (secondary N) is 1. The highest BCUT2D eigenvalue weighted by atomic mass is 35.5. The largest absolute Gasteiger partial charge is 0.337 e. The molecular weight excluding hydrogens is 473 g/mol. The van der Waals surface area contributed by atoms with Crippen LogP contribution in [0.15, 0.2) is 60.7 Å². The fourth-order valence-corrected chi connectivity index (χ4v) is 4.85. The van der Waals surface area contributed by atoms with Gasteiger partial charge in [-0.1, -0.05) is 60.7 Å². The highest BCUT2D eigenvalue weighted by molar-refractivity contribution is 6.18. The number of hydrogen-bond donors (Lipinski definition) is 1. The minimum atomic E-state index is -1.01. The number of alkyl halides is 2. The Hall–Kier alpha value is -3.17. The number of fused-ring (bicyclic) bond motifs is 1. The quantitative estimate of drug-likeness (QED) is 0.445. The number of rotatable bonds is 8. The topological polar surface area (TPSA) is 76.2 Å². The lowest BCUT2D eigenvalue weighted by atomic mass is 10.0. The first-order valence-electron chi connectivity index (χ1n) is 11.6. The molecule has 2 aliphatic rings. The van der Waals surface area contributed by atoms with Gasteiger partial charge in [0, 0.05) is 19.0 Å². The minimum absolute atomic E-state index is 0.0887. The molecule has 2 saturated heterocycles. The molecule has 2 aliphatic heterocycles. The van der Waals surface area contributed by atoms with Crippen molar-refractivity contribution in [3.8, 4) is 0 Å². The zero-order valence-corrected chi connectivity index (χ0v) is 20.1. The Bertz CT molecular complexity index is 1030. The summed E-state index contributed by atoms with van der Waals surface area (Å²) in [5, 5.41) is 5.16. The van der Waals surface area contributed by atoms with Gasteiger partial charge >= 0.3 is 6.03 Å². The first kappa shape index (κ1) is 24.9. The molecule has 0 spiro atoms. The maximum atomic E-state index is 14.0. The molecule has 0 aromatic heterocycles. The normalized spacial score (nSPS) is 20.7. The van der Waals surface area contributed by atoms with E-state index in [1.165, 1.54) is 9.91 Å². The van der Waals surface area contributed by atoms with Crippen molar-refractivity contribution >= 4 is 29.4 Å². The Balaban J connectivity index is 1.57. The van der Waals surface area contributed by atoms with Gasteiger partial charge < -0.3 is 15.1 Å². The van der Waals surface area contributed by atoms with Crippen LogP contribution in [0, 0.1) is 0 Å². The second kappa shape index (κ2) is 11.5. The van der Waals surface area contributed by atoms with Crippen molar-refractivity contribution in [2.75, 3.05) is 32.3 Å². The molecule has 10 heteroatoms. The number of hydrazine groups is 1. The molecule has 0 radical (unpaired) electrons. The van der Waals surface area contributed by atoms with E-state index in [4.69, 9.17) is 11.6 Å². The molecule has 35 heavy (non-hydrogen) atoms. The number of amides is 4. The molecule has 0 bridgehead atoms. The SMILES string of the molecule is O=C1[C@H](CCCl)N2C(=O)CN(CF)N(C(=O)NCc3ccccc3)[C@H]2CN1CCc1ccccc1. The van der Waals surface area contributed by atoms with Gasteiger partial charge in [-0.05, 0) is 24.0 Å². The van der Waals surface area contributed by atoms with Crippen molar-refractivity contribution in [1.29, 1.82) is 0 Å². The molecule has 4 amide bonds. The lowest BCUT2D eigenvalue weighted by molar-refractivity contribution is -0.195. The summed E-state index contributed by atoms with van der Waals surface area (Å²) in [5.41, 5.74) is 1.96. The van der Waals surface area contributed by atoms with Crippen LogP contribution in [0.25, 0.3) is 0 Å². The number of nitrogens with zero attached hydrogens (tertiary/aromatic N) is 4. The first-order valence-corrected chi connectivity index (χ1v) is 12.2. The maximum absolute atomic E-state index is 14.0. The third-order valence-electron chi connectivity index (χ3n) is 6.36. The molecule has 4 rings (SSSR count). The molecular formula is C25H29ClFN5O3. The second-order valence-corrected chi connectivity index (χ2v) is 8.95. The van der Waals surface area contributed by atoms with E-state index in [0.29, 0.717) is 13.0 Å². The molecule has 1 N–H and O–H groups in total. The van der Waals surface area contributed by atoms with Gasteiger partial charge in [0.2, 0.25) is 11.8 Å². The summed E-state index contributed by atoms with van der Waals surface area (Å²) in [6.07, 6.45) is 0.0393. The van der Waals surface area contributed by atoms with Crippen molar-refractivity contribution in [3.63, 3.8) is 0 Å². The molecule has 0 aliphatic carbocycles. The van der Waals surface area contributed by atoms with Crippen LogP contribution in [0.3, 0.4) is 0 Å². The molecule has 186 valence electrons. The number of urea groups is 1. The molecule has 8 nitrogen and oxygen atoms in total. The van der Waals surface area contributed by atoms with E-state index in [1.54, 1.807) is 4.90 Å². The number of halogens is 2. The van der Waals surface area contributed by atoms with Crippen LogP contribution in [0.5, 0.6) is 0 Å². The maximum Gasteiger partial charge on any atom is 0.334 e. The smallest absolute Gasteiger partial charge is 0.334 e. The summed E-state index contributed by atoms with van der Waals surface area (Å²) in [6, 6.07) is 17.8. The van der Waals surface area contributed by atoms with E-state index in [9.17, 15) is 18.8 Å². The van der Waals surface area contributed by atoms with Crippen LogP contribution in [0.1, 0.15) is 17.5 Å². The second-order valence-electron chi connectivity index (χ2n) is 8.57. The molecule has 2 aromatic carbocycles. The summed E-state index contributed by atoms with van der Waals surface area (Å²) >= 11 is 6.00. The van der Waals surface area contributed by atoms with Crippen molar-refractivity contribution < 1.29 is 18.8 Å². The number of carbonyl (C=O) groups excluding carboxylic acids is 3. The number of hydrogen-bond acceptors (Lipinski definition) is 4. The van der Waals surface area contributed by atoms with Gasteiger partial charge in [0.25, 0.3) is 0 Å². The Morgan fingerprint density at radius 1 is 1.03 bits per heavy atom. The van der Waals surface area contributed by atoms with E-state index in [2.05, 4.69) is 5.32 Å². The standard InChI is InChI=1S/C25H29ClFN5O3/c26-13-11-21-24(34)29(14-12-19-7-3-1-4-8-19)16-22-31(21)23(33)17-30(18-27)32(22)25(35)28-15-20-9-5-2-6-10-20/h1-10,21-22H,11-18H2,(H,28,35)/t21-,22-/m0/s1. The molecule has 2 fully saturated rings. The third kappa shape index (κ3) is 5.57. The van der Waals surface area contributed by atoms with Gasteiger partial charge in [-0.3, -0.25) is 9.59 Å². The van der Waals surface area contributed by atoms with Crippen LogP contribution >= 0.6 is 11.6 Å². The van der Waals surface area contributed by atoms with Gasteiger partial charge in [0.05, 0.1) is 6.54 Å². The van der Waals surface area contributed by atoms with Crippen LogP contribution in [-0.4, -0.2) is 82.2 Å². The predicted octanol–water partition coefficient (Wildman–Crippen LogP) is 2.59. The van der Waals surface area contributed by atoms with Crippen LogP contribution in [-0.2, 0) is 22.6 Å². The number of piperazine rings is 1. The van der Waals surface area contributed by atoms with E-state index >= 15 is 0 Å². The van der Waals surface area contributed by atoms with E-state index in [-0.39, 0.29) is 37.8 Å². The highest BCUT2D eigenvalue weighted by Crippen LogP contribution is 2.28. The summed E-state index contributed by atoms with van der Waals surface area (Å²) < 4.78 is 14.0. The Labute approximate surface area is 209 Å².